The molecule has 25 heavy (non-hydrogen) atoms. The summed E-state index contributed by atoms with van der Waals surface area (Å²) in [5.74, 6) is -0.338. The van der Waals surface area contributed by atoms with Crippen molar-refractivity contribution in [3.63, 3.8) is 0 Å². The summed E-state index contributed by atoms with van der Waals surface area (Å²) >= 11 is 5.03. The summed E-state index contributed by atoms with van der Waals surface area (Å²) < 4.78 is 11.6. The third-order valence-corrected chi connectivity index (χ3v) is 5.20. The number of carbonyl (C=O) groups excluding carboxylic acids is 1. The lowest BCUT2D eigenvalue weighted by molar-refractivity contribution is 0.0600. The molecule has 1 heterocycles. The molecule has 0 bridgehead atoms. The van der Waals surface area contributed by atoms with Crippen LogP contribution in [0.15, 0.2) is 54.1 Å². The van der Waals surface area contributed by atoms with Crippen LogP contribution in [0, 0.1) is 0 Å². The SMILES string of the molecule is COC(=O)c1ccc(C=C(CBr)COc2nc3ccccc3s2)cc1. The minimum atomic E-state index is -0.338. The third kappa shape index (κ3) is 4.46. The van der Waals surface area contributed by atoms with Crippen LogP contribution in [0.3, 0.4) is 0 Å². The number of alkyl halides is 1. The van der Waals surface area contributed by atoms with E-state index < -0.39 is 0 Å². The molecular formula is C19H16BrNO3S. The van der Waals surface area contributed by atoms with Crippen LogP contribution in [0.1, 0.15) is 15.9 Å². The van der Waals surface area contributed by atoms with Gasteiger partial charge in [-0.2, -0.15) is 0 Å². The van der Waals surface area contributed by atoms with Gasteiger partial charge in [0.1, 0.15) is 6.61 Å². The van der Waals surface area contributed by atoms with Crippen molar-refractivity contribution in [1.29, 1.82) is 0 Å². The van der Waals surface area contributed by atoms with Crippen LogP contribution in [-0.4, -0.2) is 30.0 Å². The molecular weight excluding hydrogens is 402 g/mol. The van der Waals surface area contributed by atoms with Crippen molar-refractivity contribution in [1.82, 2.24) is 4.98 Å². The van der Waals surface area contributed by atoms with Gasteiger partial charge >= 0.3 is 5.97 Å². The van der Waals surface area contributed by atoms with Gasteiger partial charge in [0.05, 0.1) is 22.9 Å². The number of ether oxygens (including phenoxy) is 2. The summed E-state index contributed by atoms with van der Waals surface area (Å²) in [6, 6.07) is 15.2. The van der Waals surface area contributed by atoms with Crippen molar-refractivity contribution in [2.75, 3.05) is 19.0 Å². The number of benzene rings is 2. The Hall–Kier alpha value is -2.18. The largest absolute Gasteiger partial charge is 0.465 e. The molecule has 0 radical (unpaired) electrons. The molecule has 0 saturated carbocycles. The molecule has 0 aliphatic carbocycles. The fourth-order valence-electron chi connectivity index (χ4n) is 2.26. The Labute approximate surface area is 158 Å². The number of halogens is 1. The Morgan fingerprint density at radius 2 is 1.96 bits per heavy atom. The van der Waals surface area contributed by atoms with E-state index in [0.717, 1.165) is 21.4 Å². The Kier molecular flexibility index (Phi) is 5.83. The van der Waals surface area contributed by atoms with Crippen molar-refractivity contribution in [3.05, 3.63) is 65.2 Å². The van der Waals surface area contributed by atoms with Gasteiger partial charge in [0.25, 0.3) is 5.19 Å². The highest BCUT2D eigenvalue weighted by Crippen LogP contribution is 2.27. The van der Waals surface area contributed by atoms with Gasteiger partial charge < -0.3 is 9.47 Å². The average Bonchev–Trinajstić information content (AvgIpc) is 3.08. The van der Waals surface area contributed by atoms with Gasteiger partial charge in [0, 0.05) is 5.33 Å². The maximum atomic E-state index is 11.5. The highest BCUT2D eigenvalue weighted by Gasteiger charge is 2.07. The molecule has 0 amide bonds. The molecule has 1 aromatic heterocycles. The Morgan fingerprint density at radius 1 is 1.20 bits per heavy atom. The van der Waals surface area contributed by atoms with E-state index >= 15 is 0 Å². The molecule has 128 valence electrons. The number of hydrogen-bond donors (Lipinski definition) is 0. The summed E-state index contributed by atoms with van der Waals surface area (Å²) in [5.41, 5.74) is 3.55. The van der Waals surface area contributed by atoms with Gasteiger partial charge in [-0.15, -0.1) is 0 Å². The smallest absolute Gasteiger partial charge is 0.337 e. The van der Waals surface area contributed by atoms with E-state index in [1.165, 1.54) is 18.4 Å². The maximum absolute atomic E-state index is 11.5. The zero-order chi connectivity index (χ0) is 17.6. The summed E-state index contributed by atoms with van der Waals surface area (Å²) in [6.07, 6.45) is 2.03. The number of methoxy groups -OCH3 is 1. The highest BCUT2D eigenvalue weighted by molar-refractivity contribution is 9.09. The monoisotopic (exact) mass is 417 g/mol. The molecule has 2 aromatic carbocycles. The van der Waals surface area contributed by atoms with Crippen molar-refractivity contribution in [2.24, 2.45) is 0 Å². The fourth-order valence-corrected chi connectivity index (χ4v) is 3.39. The number of nitrogens with zero attached hydrogens (tertiary/aromatic N) is 1. The van der Waals surface area contributed by atoms with E-state index in [0.29, 0.717) is 22.7 Å². The van der Waals surface area contributed by atoms with E-state index in [4.69, 9.17) is 9.47 Å². The van der Waals surface area contributed by atoms with Crippen LogP contribution in [-0.2, 0) is 4.74 Å². The van der Waals surface area contributed by atoms with E-state index in [2.05, 4.69) is 20.9 Å². The average molecular weight is 418 g/mol. The molecule has 0 unspecified atom stereocenters. The minimum absolute atomic E-state index is 0.338. The van der Waals surface area contributed by atoms with Gasteiger partial charge in [0.15, 0.2) is 0 Å². The van der Waals surface area contributed by atoms with Gasteiger partial charge in [0.2, 0.25) is 0 Å². The predicted molar refractivity (Wildman–Crippen MR) is 105 cm³/mol. The first-order chi connectivity index (χ1) is 12.2. The topological polar surface area (TPSA) is 48.4 Å². The number of rotatable bonds is 6. The molecule has 4 nitrogen and oxygen atoms in total. The first-order valence-corrected chi connectivity index (χ1v) is 9.55. The number of esters is 1. The zero-order valence-electron chi connectivity index (χ0n) is 13.6. The number of aromatic nitrogens is 1. The first-order valence-electron chi connectivity index (χ1n) is 7.62. The highest BCUT2D eigenvalue weighted by atomic mass is 79.9. The summed E-state index contributed by atoms with van der Waals surface area (Å²) in [5, 5.41) is 1.35. The zero-order valence-corrected chi connectivity index (χ0v) is 16.0. The number of thiazole rings is 1. The van der Waals surface area contributed by atoms with Crippen molar-refractivity contribution < 1.29 is 14.3 Å². The number of carbonyl (C=O) groups is 1. The predicted octanol–water partition coefficient (Wildman–Crippen LogP) is 4.94. The fraction of sp³-hybridized carbons (Fsp3) is 0.158. The quantitative estimate of drug-likeness (QED) is 0.420. The van der Waals surface area contributed by atoms with Crippen LogP contribution in [0.5, 0.6) is 5.19 Å². The number of para-hydroxylation sites is 1. The van der Waals surface area contributed by atoms with Gasteiger partial charge in [-0.05, 0) is 35.4 Å². The molecule has 0 atom stereocenters. The van der Waals surface area contributed by atoms with Crippen molar-refractivity contribution >= 4 is 49.5 Å². The molecule has 0 spiro atoms. The lowest BCUT2D eigenvalue weighted by Gasteiger charge is -2.05. The lowest BCUT2D eigenvalue weighted by Crippen LogP contribution is -2.02. The summed E-state index contributed by atoms with van der Waals surface area (Å²) in [6.45, 7) is 0.448. The normalized spacial score (nSPS) is 11.5. The summed E-state index contributed by atoms with van der Waals surface area (Å²) in [7, 11) is 1.37. The van der Waals surface area contributed by atoms with E-state index in [1.54, 1.807) is 12.1 Å². The minimum Gasteiger partial charge on any atom is -0.465 e. The molecule has 0 N–H and O–H groups in total. The molecule has 3 rings (SSSR count). The second-order valence-corrected chi connectivity index (χ2v) is 6.84. The first kappa shape index (κ1) is 17.6. The van der Waals surface area contributed by atoms with Crippen LogP contribution in [0.2, 0.25) is 0 Å². The Bertz CT molecular complexity index is 869. The van der Waals surface area contributed by atoms with Crippen molar-refractivity contribution in [3.8, 4) is 5.19 Å². The molecule has 0 saturated heterocycles. The standard InChI is InChI=1S/C19H16BrNO3S/c1-23-18(22)15-8-6-13(7-9-15)10-14(11-20)12-24-19-21-16-4-2-3-5-17(16)25-19/h2-10H,11-12H2,1H3. The Morgan fingerprint density at radius 3 is 2.64 bits per heavy atom. The second kappa shape index (κ2) is 8.27. The summed E-state index contributed by atoms with van der Waals surface area (Å²) in [4.78, 5) is 15.9. The van der Waals surface area contributed by atoms with Crippen LogP contribution in [0.25, 0.3) is 16.3 Å². The van der Waals surface area contributed by atoms with Gasteiger partial charge in [-0.1, -0.05) is 57.6 Å². The Balaban J connectivity index is 1.69. The molecule has 6 heteroatoms. The molecule has 0 aliphatic rings. The number of hydrogen-bond acceptors (Lipinski definition) is 5. The van der Waals surface area contributed by atoms with E-state index in [9.17, 15) is 4.79 Å². The van der Waals surface area contributed by atoms with Crippen LogP contribution in [0.4, 0.5) is 0 Å². The van der Waals surface area contributed by atoms with Gasteiger partial charge in [-0.3, -0.25) is 0 Å². The molecule has 3 aromatic rings. The molecule has 0 aliphatic heterocycles. The van der Waals surface area contributed by atoms with E-state index in [-0.39, 0.29) is 5.97 Å². The second-order valence-electron chi connectivity index (χ2n) is 5.29. The maximum Gasteiger partial charge on any atom is 0.337 e. The van der Waals surface area contributed by atoms with Crippen LogP contribution >= 0.6 is 27.3 Å². The van der Waals surface area contributed by atoms with E-state index in [1.807, 2.05) is 42.5 Å². The van der Waals surface area contributed by atoms with Crippen LogP contribution < -0.4 is 4.74 Å². The third-order valence-electron chi connectivity index (χ3n) is 3.53. The number of fused-ring (bicyclic) bond motifs is 1. The lowest BCUT2D eigenvalue weighted by atomic mass is 10.1. The van der Waals surface area contributed by atoms with Crippen molar-refractivity contribution in [2.45, 2.75) is 0 Å². The molecule has 0 fully saturated rings. The van der Waals surface area contributed by atoms with Gasteiger partial charge in [-0.25, -0.2) is 9.78 Å².